The fourth-order valence-corrected chi connectivity index (χ4v) is 3.27. The molecule has 0 spiro atoms. The van der Waals surface area contributed by atoms with Crippen LogP contribution in [0, 0.1) is 22.0 Å². The first-order valence-electron chi connectivity index (χ1n) is 6.71. The maximum Gasteiger partial charge on any atom is 0.284 e. The van der Waals surface area contributed by atoms with Gasteiger partial charge in [0.1, 0.15) is 4.47 Å². The second-order valence-electron chi connectivity index (χ2n) is 5.27. The average molecular weight is 341 g/mol. The van der Waals surface area contributed by atoms with Crippen LogP contribution in [0.3, 0.4) is 0 Å². The number of hydrogen-bond acceptors (Lipinski definition) is 3. The van der Waals surface area contributed by atoms with Crippen molar-refractivity contribution >= 4 is 27.5 Å². The van der Waals surface area contributed by atoms with E-state index in [2.05, 4.69) is 28.2 Å². The van der Waals surface area contributed by atoms with Crippen molar-refractivity contribution in [3.63, 3.8) is 0 Å². The summed E-state index contributed by atoms with van der Waals surface area (Å²) in [6, 6.07) is 4.49. The van der Waals surface area contributed by atoms with Gasteiger partial charge in [0, 0.05) is 12.6 Å². The quantitative estimate of drug-likeness (QED) is 0.673. The van der Waals surface area contributed by atoms with Gasteiger partial charge in [-0.15, -0.1) is 0 Å². The highest BCUT2D eigenvalue weighted by Gasteiger charge is 2.25. The third-order valence-corrected chi connectivity index (χ3v) is 4.82. The largest absolute Gasteiger partial charge is 0.352 e. The second-order valence-corrected chi connectivity index (χ2v) is 6.07. The summed E-state index contributed by atoms with van der Waals surface area (Å²) in [7, 11) is 0. The van der Waals surface area contributed by atoms with Gasteiger partial charge in [-0.2, -0.15) is 0 Å². The van der Waals surface area contributed by atoms with E-state index in [0.29, 0.717) is 23.9 Å². The maximum absolute atomic E-state index is 12.1. The van der Waals surface area contributed by atoms with Crippen molar-refractivity contribution in [3.8, 4) is 0 Å². The summed E-state index contributed by atoms with van der Waals surface area (Å²) >= 11 is 3.15. The molecule has 0 bridgehead atoms. The Morgan fingerprint density at radius 2 is 2.25 bits per heavy atom. The molecule has 2 rings (SSSR count). The van der Waals surface area contributed by atoms with Gasteiger partial charge in [0.2, 0.25) is 0 Å². The van der Waals surface area contributed by atoms with Gasteiger partial charge in [-0.25, -0.2) is 0 Å². The van der Waals surface area contributed by atoms with Gasteiger partial charge < -0.3 is 5.32 Å². The standard InChI is InChI=1S/C14H17BrN2O3/c1-9-4-2-5-10(9)8-16-14(18)11-6-3-7-12(13(11)15)17(19)20/h3,6-7,9-10H,2,4-5,8H2,1H3,(H,16,18). The minimum Gasteiger partial charge on any atom is -0.352 e. The topological polar surface area (TPSA) is 72.2 Å². The summed E-state index contributed by atoms with van der Waals surface area (Å²) in [5.41, 5.74) is 0.219. The minimum atomic E-state index is -0.500. The lowest BCUT2D eigenvalue weighted by molar-refractivity contribution is -0.385. The summed E-state index contributed by atoms with van der Waals surface area (Å²) < 4.78 is 0.238. The highest BCUT2D eigenvalue weighted by Crippen LogP contribution is 2.31. The van der Waals surface area contributed by atoms with Gasteiger partial charge in [-0.3, -0.25) is 14.9 Å². The second kappa shape index (κ2) is 6.35. The van der Waals surface area contributed by atoms with E-state index in [0.717, 1.165) is 6.42 Å². The highest BCUT2D eigenvalue weighted by molar-refractivity contribution is 9.10. The number of rotatable bonds is 4. The fraction of sp³-hybridized carbons (Fsp3) is 0.500. The molecule has 0 heterocycles. The first-order valence-corrected chi connectivity index (χ1v) is 7.51. The normalized spacial score (nSPS) is 21.7. The van der Waals surface area contributed by atoms with Crippen molar-refractivity contribution in [2.24, 2.45) is 11.8 Å². The van der Waals surface area contributed by atoms with Gasteiger partial charge in [0.15, 0.2) is 0 Å². The zero-order valence-electron chi connectivity index (χ0n) is 11.3. The molecule has 0 aromatic heterocycles. The number of nitrogens with zero attached hydrogens (tertiary/aromatic N) is 1. The first-order chi connectivity index (χ1) is 9.50. The summed E-state index contributed by atoms with van der Waals surface area (Å²) in [4.78, 5) is 22.5. The molecule has 5 nitrogen and oxygen atoms in total. The van der Waals surface area contributed by atoms with E-state index in [-0.39, 0.29) is 16.1 Å². The van der Waals surface area contributed by atoms with Crippen LogP contribution in [0.1, 0.15) is 36.5 Å². The molecule has 1 aromatic rings. The Morgan fingerprint density at radius 1 is 1.50 bits per heavy atom. The fourth-order valence-electron chi connectivity index (χ4n) is 2.68. The van der Waals surface area contributed by atoms with Gasteiger partial charge in [0.05, 0.1) is 10.5 Å². The summed E-state index contributed by atoms with van der Waals surface area (Å²) in [5.74, 6) is 0.875. The average Bonchev–Trinajstić information content (AvgIpc) is 2.81. The number of carbonyl (C=O) groups excluding carboxylic acids is 1. The van der Waals surface area contributed by atoms with Gasteiger partial charge >= 0.3 is 0 Å². The van der Waals surface area contributed by atoms with Crippen molar-refractivity contribution in [1.82, 2.24) is 5.32 Å². The van der Waals surface area contributed by atoms with Crippen LogP contribution >= 0.6 is 15.9 Å². The van der Waals surface area contributed by atoms with E-state index >= 15 is 0 Å². The summed E-state index contributed by atoms with van der Waals surface area (Å²) in [6.45, 7) is 2.84. The Hall–Kier alpha value is -1.43. The van der Waals surface area contributed by atoms with Crippen LogP contribution in [0.5, 0.6) is 0 Å². The van der Waals surface area contributed by atoms with Crippen LogP contribution in [0.15, 0.2) is 22.7 Å². The zero-order chi connectivity index (χ0) is 14.7. The lowest BCUT2D eigenvalue weighted by atomic mass is 9.98. The molecule has 1 aliphatic rings. The SMILES string of the molecule is CC1CCCC1CNC(=O)c1cccc([N+](=O)[O-])c1Br. The van der Waals surface area contributed by atoms with Crippen molar-refractivity contribution < 1.29 is 9.72 Å². The third-order valence-electron chi connectivity index (χ3n) is 3.98. The van der Waals surface area contributed by atoms with E-state index in [1.54, 1.807) is 6.07 Å². The van der Waals surface area contributed by atoms with Crippen LogP contribution in [-0.2, 0) is 0 Å². The van der Waals surface area contributed by atoms with Crippen LogP contribution < -0.4 is 5.32 Å². The van der Waals surface area contributed by atoms with E-state index in [4.69, 9.17) is 0 Å². The molecular formula is C14H17BrN2O3. The lowest BCUT2D eigenvalue weighted by Crippen LogP contribution is -2.30. The number of hydrogen-bond donors (Lipinski definition) is 1. The highest BCUT2D eigenvalue weighted by atomic mass is 79.9. The van der Waals surface area contributed by atoms with Crippen LogP contribution in [-0.4, -0.2) is 17.4 Å². The maximum atomic E-state index is 12.1. The molecule has 1 aromatic carbocycles. The number of halogens is 1. The predicted octanol–water partition coefficient (Wildman–Crippen LogP) is 3.52. The van der Waals surface area contributed by atoms with Crippen molar-refractivity contribution in [1.29, 1.82) is 0 Å². The van der Waals surface area contributed by atoms with Crippen molar-refractivity contribution in [3.05, 3.63) is 38.3 Å². The first kappa shape index (κ1) is 15.0. The number of amides is 1. The molecule has 1 fully saturated rings. The number of benzene rings is 1. The zero-order valence-corrected chi connectivity index (χ0v) is 12.9. The van der Waals surface area contributed by atoms with Crippen LogP contribution in [0.2, 0.25) is 0 Å². The molecule has 108 valence electrons. The number of nitrogens with one attached hydrogen (secondary N) is 1. The predicted molar refractivity (Wildman–Crippen MR) is 79.6 cm³/mol. The summed E-state index contributed by atoms with van der Waals surface area (Å²) in [5, 5.41) is 13.7. The summed E-state index contributed by atoms with van der Waals surface area (Å²) in [6.07, 6.45) is 3.56. The van der Waals surface area contributed by atoms with E-state index in [1.807, 2.05) is 0 Å². The Kier molecular flexibility index (Phi) is 4.75. The van der Waals surface area contributed by atoms with E-state index in [1.165, 1.54) is 25.0 Å². The molecule has 2 atom stereocenters. The van der Waals surface area contributed by atoms with Gasteiger partial charge in [0.25, 0.3) is 11.6 Å². The van der Waals surface area contributed by atoms with E-state index < -0.39 is 4.92 Å². The monoisotopic (exact) mass is 340 g/mol. The van der Waals surface area contributed by atoms with Gasteiger partial charge in [-0.05, 0) is 40.3 Å². The Morgan fingerprint density at radius 3 is 2.85 bits per heavy atom. The van der Waals surface area contributed by atoms with Crippen molar-refractivity contribution in [2.45, 2.75) is 26.2 Å². The molecule has 1 N–H and O–H groups in total. The molecule has 1 amide bonds. The molecule has 0 saturated heterocycles. The number of nitro benzene ring substituents is 1. The minimum absolute atomic E-state index is 0.0908. The number of carbonyl (C=O) groups is 1. The smallest absolute Gasteiger partial charge is 0.284 e. The molecule has 1 saturated carbocycles. The Labute approximate surface area is 126 Å². The van der Waals surface area contributed by atoms with E-state index in [9.17, 15) is 14.9 Å². The molecule has 20 heavy (non-hydrogen) atoms. The third kappa shape index (κ3) is 3.17. The molecule has 0 aliphatic heterocycles. The lowest BCUT2D eigenvalue weighted by Gasteiger charge is -2.16. The molecular weight excluding hydrogens is 324 g/mol. The van der Waals surface area contributed by atoms with Crippen LogP contribution in [0.25, 0.3) is 0 Å². The molecule has 1 aliphatic carbocycles. The van der Waals surface area contributed by atoms with Crippen LogP contribution in [0.4, 0.5) is 5.69 Å². The molecule has 0 radical (unpaired) electrons. The van der Waals surface area contributed by atoms with Gasteiger partial charge in [-0.1, -0.05) is 25.8 Å². The number of nitro groups is 1. The molecule has 6 heteroatoms. The molecule has 2 unspecified atom stereocenters. The Balaban J connectivity index is 2.06. The van der Waals surface area contributed by atoms with Crippen molar-refractivity contribution in [2.75, 3.05) is 6.54 Å². The Bertz CT molecular complexity index is 533.